The number of ether oxygens (including phenoxy) is 1. The Morgan fingerprint density at radius 1 is 1.16 bits per heavy atom. The molecule has 130 valence electrons. The van der Waals surface area contributed by atoms with E-state index in [2.05, 4.69) is 21.6 Å². The lowest BCUT2D eigenvalue weighted by Gasteiger charge is -2.19. The van der Waals surface area contributed by atoms with E-state index in [0.29, 0.717) is 13.2 Å². The average Bonchev–Trinajstić information content (AvgIpc) is 2.96. The van der Waals surface area contributed by atoms with Gasteiger partial charge in [-0.3, -0.25) is 4.79 Å². The van der Waals surface area contributed by atoms with Crippen molar-refractivity contribution < 1.29 is 9.53 Å². The second-order valence-corrected chi connectivity index (χ2v) is 6.43. The van der Waals surface area contributed by atoms with Crippen LogP contribution in [0.15, 0.2) is 42.5 Å². The van der Waals surface area contributed by atoms with Crippen LogP contribution in [-0.4, -0.2) is 38.7 Å². The van der Waals surface area contributed by atoms with E-state index in [1.165, 1.54) is 16.8 Å². The van der Waals surface area contributed by atoms with Crippen molar-refractivity contribution in [3.8, 4) is 5.75 Å². The third-order valence-corrected chi connectivity index (χ3v) is 4.83. The molecule has 0 aromatic heterocycles. The van der Waals surface area contributed by atoms with Crippen LogP contribution in [0, 0.1) is 0 Å². The molecule has 0 aliphatic carbocycles. The predicted octanol–water partition coefficient (Wildman–Crippen LogP) is 1.96. The van der Waals surface area contributed by atoms with Gasteiger partial charge in [0.2, 0.25) is 0 Å². The van der Waals surface area contributed by atoms with Crippen molar-refractivity contribution >= 4 is 11.6 Å². The molecule has 0 saturated carbocycles. The second kappa shape index (κ2) is 7.15. The molecular weight excluding hydrogens is 314 g/mol. The van der Waals surface area contributed by atoms with Crippen LogP contribution in [-0.2, 0) is 13.0 Å². The molecule has 0 saturated heterocycles. The van der Waals surface area contributed by atoms with Gasteiger partial charge in [0.25, 0.3) is 5.91 Å². The summed E-state index contributed by atoms with van der Waals surface area (Å²) >= 11 is 0. The standard InChI is InChI=1S/C20H23N3O2/c24-20(22-10-13-25-16-4-2-1-3-5-16)18-7-6-15-14-21-9-12-23-11-8-17(18)19(15)23/h1-7,21H,8-14H2,(H,22,24). The lowest BCUT2D eigenvalue weighted by molar-refractivity contribution is 0.0946. The molecule has 0 radical (unpaired) electrons. The number of rotatable bonds is 5. The van der Waals surface area contributed by atoms with Gasteiger partial charge in [0.05, 0.1) is 6.54 Å². The first kappa shape index (κ1) is 16.0. The number of hydrogen-bond acceptors (Lipinski definition) is 4. The molecule has 2 aliphatic heterocycles. The monoisotopic (exact) mass is 337 g/mol. The number of carbonyl (C=O) groups is 1. The van der Waals surface area contributed by atoms with Gasteiger partial charge in [0, 0.05) is 37.4 Å². The van der Waals surface area contributed by atoms with Crippen LogP contribution in [0.5, 0.6) is 5.75 Å². The number of nitrogens with zero attached hydrogens (tertiary/aromatic N) is 1. The molecule has 2 aliphatic rings. The van der Waals surface area contributed by atoms with Crippen molar-refractivity contribution in [1.82, 2.24) is 10.6 Å². The Kier molecular flexibility index (Phi) is 4.57. The molecule has 4 rings (SSSR count). The SMILES string of the molecule is O=C(NCCOc1ccccc1)c1ccc2c3c1CCN3CCNC2. The molecule has 25 heavy (non-hydrogen) atoms. The Bertz CT molecular complexity index is 761. The molecule has 5 nitrogen and oxygen atoms in total. The highest BCUT2D eigenvalue weighted by molar-refractivity contribution is 5.98. The normalized spacial score (nSPS) is 15.4. The number of hydrogen-bond donors (Lipinski definition) is 2. The zero-order valence-electron chi connectivity index (χ0n) is 14.3. The Morgan fingerprint density at radius 2 is 2.04 bits per heavy atom. The molecule has 1 amide bonds. The zero-order chi connectivity index (χ0) is 17.1. The summed E-state index contributed by atoms with van der Waals surface area (Å²) in [5.41, 5.74) is 4.58. The lowest BCUT2D eigenvalue weighted by Crippen LogP contribution is -2.29. The van der Waals surface area contributed by atoms with Crippen molar-refractivity contribution in [1.29, 1.82) is 0 Å². The maximum absolute atomic E-state index is 12.6. The number of amides is 1. The highest BCUT2D eigenvalue weighted by Gasteiger charge is 2.28. The largest absolute Gasteiger partial charge is 0.492 e. The van der Waals surface area contributed by atoms with Crippen LogP contribution in [0.3, 0.4) is 0 Å². The first-order chi connectivity index (χ1) is 12.3. The molecule has 2 aromatic rings. The summed E-state index contributed by atoms with van der Waals surface area (Å²) in [6, 6.07) is 13.7. The van der Waals surface area contributed by atoms with E-state index < -0.39 is 0 Å². The Hall–Kier alpha value is -2.53. The molecule has 2 heterocycles. The van der Waals surface area contributed by atoms with Crippen molar-refractivity contribution in [2.24, 2.45) is 0 Å². The van der Waals surface area contributed by atoms with E-state index in [9.17, 15) is 4.79 Å². The van der Waals surface area contributed by atoms with E-state index in [4.69, 9.17) is 4.74 Å². The fourth-order valence-electron chi connectivity index (χ4n) is 3.65. The molecule has 2 aromatic carbocycles. The molecule has 0 unspecified atom stereocenters. The summed E-state index contributed by atoms with van der Waals surface area (Å²) in [6.45, 7) is 4.85. The number of anilines is 1. The molecular formula is C20H23N3O2. The van der Waals surface area contributed by atoms with Gasteiger partial charge in [-0.2, -0.15) is 0 Å². The maximum atomic E-state index is 12.6. The van der Waals surface area contributed by atoms with Crippen LogP contribution in [0.2, 0.25) is 0 Å². The van der Waals surface area contributed by atoms with Gasteiger partial charge < -0.3 is 20.3 Å². The molecule has 5 heteroatoms. The van der Waals surface area contributed by atoms with Crippen molar-refractivity contribution in [2.45, 2.75) is 13.0 Å². The smallest absolute Gasteiger partial charge is 0.251 e. The van der Waals surface area contributed by atoms with E-state index in [1.807, 2.05) is 36.4 Å². The molecule has 0 spiro atoms. The van der Waals surface area contributed by atoms with Crippen LogP contribution < -0.4 is 20.3 Å². The quantitative estimate of drug-likeness (QED) is 0.819. The number of benzene rings is 2. The fraction of sp³-hybridized carbons (Fsp3) is 0.350. The van der Waals surface area contributed by atoms with E-state index in [1.54, 1.807) is 0 Å². The van der Waals surface area contributed by atoms with E-state index in [0.717, 1.165) is 43.9 Å². The van der Waals surface area contributed by atoms with Crippen molar-refractivity contribution in [2.75, 3.05) is 37.7 Å². The minimum atomic E-state index is -0.00600. The number of para-hydroxylation sites is 1. The molecule has 0 fully saturated rings. The van der Waals surface area contributed by atoms with Gasteiger partial charge in [0.1, 0.15) is 12.4 Å². The second-order valence-electron chi connectivity index (χ2n) is 6.43. The van der Waals surface area contributed by atoms with Crippen LogP contribution in [0.25, 0.3) is 0 Å². The minimum Gasteiger partial charge on any atom is -0.492 e. The fourth-order valence-corrected chi connectivity index (χ4v) is 3.65. The maximum Gasteiger partial charge on any atom is 0.251 e. The first-order valence-electron chi connectivity index (χ1n) is 8.89. The highest BCUT2D eigenvalue weighted by atomic mass is 16.5. The Morgan fingerprint density at radius 3 is 2.92 bits per heavy atom. The topological polar surface area (TPSA) is 53.6 Å². The van der Waals surface area contributed by atoms with Gasteiger partial charge >= 0.3 is 0 Å². The summed E-state index contributed by atoms with van der Waals surface area (Å²) in [5, 5.41) is 6.43. The van der Waals surface area contributed by atoms with Crippen LogP contribution in [0.4, 0.5) is 5.69 Å². The number of nitrogens with one attached hydrogen (secondary N) is 2. The summed E-state index contributed by atoms with van der Waals surface area (Å²) in [6.07, 6.45) is 0.951. The third-order valence-electron chi connectivity index (χ3n) is 4.83. The van der Waals surface area contributed by atoms with Gasteiger partial charge in [0.15, 0.2) is 0 Å². The van der Waals surface area contributed by atoms with Crippen molar-refractivity contribution in [3.63, 3.8) is 0 Å². The Labute approximate surface area is 148 Å². The molecule has 0 atom stereocenters. The van der Waals surface area contributed by atoms with E-state index in [-0.39, 0.29) is 5.91 Å². The predicted molar refractivity (Wildman–Crippen MR) is 98.3 cm³/mol. The summed E-state index contributed by atoms with van der Waals surface area (Å²) < 4.78 is 5.63. The number of carbonyl (C=O) groups excluding carboxylic acids is 1. The van der Waals surface area contributed by atoms with Gasteiger partial charge in [-0.1, -0.05) is 24.3 Å². The Balaban J connectivity index is 1.40. The highest BCUT2D eigenvalue weighted by Crippen LogP contribution is 2.35. The van der Waals surface area contributed by atoms with Crippen molar-refractivity contribution in [3.05, 3.63) is 59.2 Å². The summed E-state index contributed by atoms with van der Waals surface area (Å²) in [7, 11) is 0. The summed E-state index contributed by atoms with van der Waals surface area (Å²) in [5.74, 6) is 0.817. The van der Waals surface area contributed by atoms with Crippen LogP contribution in [0.1, 0.15) is 21.5 Å². The summed E-state index contributed by atoms with van der Waals surface area (Å²) in [4.78, 5) is 15.0. The van der Waals surface area contributed by atoms with E-state index >= 15 is 0 Å². The van der Waals surface area contributed by atoms with Gasteiger partial charge in [-0.25, -0.2) is 0 Å². The minimum absolute atomic E-state index is 0.00600. The lowest BCUT2D eigenvalue weighted by atomic mass is 10.00. The van der Waals surface area contributed by atoms with Gasteiger partial charge in [-0.05, 0) is 35.7 Å². The zero-order valence-corrected chi connectivity index (χ0v) is 14.3. The molecule has 0 bridgehead atoms. The first-order valence-corrected chi connectivity index (χ1v) is 8.89. The average molecular weight is 337 g/mol. The molecule has 2 N–H and O–H groups in total. The van der Waals surface area contributed by atoms with Crippen LogP contribution >= 0.6 is 0 Å². The van der Waals surface area contributed by atoms with Gasteiger partial charge in [-0.15, -0.1) is 0 Å². The third kappa shape index (κ3) is 3.33.